The summed E-state index contributed by atoms with van der Waals surface area (Å²) in [6, 6.07) is 2.00. The smallest absolute Gasteiger partial charge is 0.328 e. The molecule has 5 heteroatoms. The third-order valence-corrected chi connectivity index (χ3v) is 3.66. The lowest BCUT2D eigenvalue weighted by Crippen LogP contribution is -2.27. The minimum atomic E-state index is -0.933. The number of carbonyl (C=O) groups is 1. The third kappa shape index (κ3) is 6.52. The second kappa shape index (κ2) is 8.85. The Bertz CT molecular complexity index is 415. The molecule has 0 amide bonds. The largest absolute Gasteiger partial charge is 0.478 e. The van der Waals surface area contributed by atoms with Crippen LogP contribution in [0.2, 0.25) is 0 Å². The van der Waals surface area contributed by atoms with E-state index in [0.717, 1.165) is 37.6 Å². The average Bonchev–Trinajstić information content (AvgIpc) is 2.81. The summed E-state index contributed by atoms with van der Waals surface area (Å²) in [4.78, 5) is 13.9. The summed E-state index contributed by atoms with van der Waals surface area (Å²) < 4.78 is 0. The Morgan fingerprint density at radius 1 is 1.47 bits per heavy atom. The number of carboxylic acid groups (broad SMARTS) is 1. The number of aliphatic hydroxyl groups excluding tert-OH is 1. The molecule has 1 aromatic rings. The second-order valence-corrected chi connectivity index (χ2v) is 5.37. The van der Waals surface area contributed by atoms with Gasteiger partial charge in [-0.3, -0.25) is 4.90 Å². The quantitative estimate of drug-likeness (QED) is 0.683. The van der Waals surface area contributed by atoms with E-state index in [9.17, 15) is 4.79 Å². The molecule has 106 valence electrons. The Morgan fingerprint density at radius 3 is 2.89 bits per heavy atom. The molecule has 1 heterocycles. The van der Waals surface area contributed by atoms with E-state index in [4.69, 9.17) is 10.2 Å². The summed E-state index contributed by atoms with van der Waals surface area (Å²) in [7, 11) is 0. The first-order valence-electron chi connectivity index (χ1n) is 6.47. The standard InChI is InChI=1S/C14H21NO3S/c1-2-3-6-15(7-8-16)10-13-9-12(11-19-13)4-5-14(17)18/h4-5,9,11,16H,2-3,6-8,10H2,1H3,(H,17,18). The van der Waals surface area contributed by atoms with Crippen molar-refractivity contribution in [3.8, 4) is 0 Å². The first kappa shape index (κ1) is 15.9. The lowest BCUT2D eigenvalue weighted by atomic mass is 10.2. The predicted octanol–water partition coefficient (Wildman–Crippen LogP) is 2.44. The summed E-state index contributed by atoms with van der Waals surface area (Å²) in [5.41, 5.74) is 0.918. The van der Waals surface area contributed by atoms with Crippen LogP contribution in [0.5, 0.6) is 0 Å². The fourth-order valence-corrected chi connectivity index (χ4v) is 2.64. The highest BCUT2D eigenvalue weighted by Gasteiger charge is 2.06. The summed E-state index contributed by atoms with van der Waals surface area (Å²) in [5.74, 6) is -0.933. The Hall–Kier alpha value is -1.17. The van der Waals surface area contributed by atoms with Gasteiger partial charge in [-0.2, -0.15) is 0 Å². The fourth-order valence-electron chi connectivity index (χ4n) is 1.75. The van der Waals surface area contributed by atoms with E-state index in [1.54, 1.807) is 17.4 Å². The van der Waals surface area contributed by atoms with Gasteiger partial charge in [0.15, 0.2) is 0 Å². The average molecular weight is 283 g/mol. The summed E-state index contributed by atoms with van der Waals surface area (Å²) >= 11 is 1.62. The maximum atomic E-state index is 10.4. The Morgan fingerprint density at radius 2 is 2.26 bits per heavy atom. The molecule has 0 bridgehead atoms. The zero-order chi connectivity index (χ0) is 14.1. The van der Waals surface area contributed by atoms with Crippen LogP contribution in [-0.4, -0.2) is 40.8 Å². The van der Waals surface area contributed by atoms with E-state index in [1.807, 2.05) is 11.4 Å². The SMILES string of the molecule is CCCCN(CCO)Cc1cc(C=CC(=O)O)cs1. The van der Waals surface area contributed by atoms with E-state index < -0.39 is 5.97 Å². The van der Waals surface area contributed by atoms with Crippen LogP contribution in [0.3, 0.4) is 0 Å². The van der Waals surface area contributed by atoms with Crippen LogP contribution in [0.15, 0.2) is 17.5 Å². The topological polar surface area (TPSA) is 60.8 Å². The number of hydrogen-bond donors (Lipinski definition) is 2. The van der Waals surface area contributed by atoms with E-state index in [1.165, 1.54) is 4.88 Å². The minimum absolute atomic E-state index is 0.168. The number of aliphatic carboxylic acids is 1. The molecule has 0 aromatic carbocycles. The van der Waals surface area contributed by atoms with Crippen molar-refractivity contribution in [2.75, 3.05) is 19.7 Å². The molecular weight excluding hydrogens is 262 g/mol. The van der Waals surface area contributed by atoms with Crippen LogP contribution < -0.4 is 0 Å². The van der Waals surface area contributed by atoms with Gasteiger partial charge in [-0.15, -0.1) is 11.3 Å². The highest BCUT2D eigenvalue weighted by Crippen LogP contribution is 2.18. The van der Waals surface area contributed by atoms with E-state index in [-0.39, 0.29) is 6.61 Å². The Balaban J connectivity index is 2.56. The number of hydrogen-bond acceptors (Lipinski definition) is 4. The van der Waals surface area contributed by atoms with Gasteiger partial charge in [0.2, 0.25) is 0 Å². The van der Waals surface area contributed by atoms with Gasteiger partial charge >= 0.3 is 5.97 Å². The van der Waals surface area contributed by atoms with Crippen molar-refractivity contribution in [3.05, 3.63) is 28.0 Å². The van der Waals surface area contributed by atoms with Gasteiger partial charge in [0.1, 0.15) is 0 Å². The van der Waals surface area contributed by atoms with Crippen molar-refractivity contribution in [2.45, 2.75) is 26.3 Å². The number of thiophene rings is 1. The second-order valence-electron chi connectivity index (χ2n) is 4.37. The Kier molecular flexibility index (Phi) is 7.40. The van der Waals surface area contributed by atoms with Crippen LogP contribution >= 0.6 is 11.3 Å². The number of nitrogens with zero attached hydrogens (tertiary/aromatic N) is 1. The maximum absolute atomic E-state index is 10.4. The lowest BCUT2D eigenvalue weighted by molar-refractivity contribution is -0.131. The molecule has 0 atom stereocenters. The number of rotatable bonds is 9. The molecule has 0 aliphatic carbocycles. The van der Waals surface area contributed by atoms with Crippen LogP contribution in [-0.2, 0) is 11.3 Å². The molecule has 4 nitrogen and oxygen atoms in total. The molecule has 0 saturated heterocycles. The predicted molar refractivity (Wildman–Crippen MR) is 78.3 cm³/mol. The normalized spacial score (nSPS) is 11.5. The van der Waals surface area contributed by atoms with E-state index >= 15 is 0 Å². The molecule has 0 fully saturated rings. The zero-order valence-corrected chi connectivity index (χ0v) is 12.0. The van der Waals surface area contributed by atoms with Gasteiger partial charge in [-0.05, 0) is 36.1 Å². The molecule has 0 saturated carbocycles. The molecule has 2 N–H and O–H groups in total. The van der Waals surface area contributed by atoms with Crippen LogP contribution in [0.25, 0.3) is 6.08 Å². The maximum Gasteiger partial charge on any atom is 0.328 e. The number of unbranched alkanes of at least 4 members (excludes halogenated alkanes) is 1. The van der Waals surface area contributed by atoms with Gasteiger partial charge in [-0.1, -0.05) is 13.3 Å². The van der Waals surface area contributed by atoms with Crippen LogP contribution in [0, 0.1) is 0 Å². The molecule has 1 aromatic heterocycles. The van der Waals surface area contributed by atoms with Crippen molar-refractivity contribution < 1.29 is 15.0 Å². The molecule has 19 heavy (non-hydrogen) atoms. The Labute approximate surface area is 118 Å². The molecule has 0 radical (unpaired) electrons. The van der Waals surface area contributed by atoms with Gasteiger partial charge < -0.3 is 10.2 Å². The monoisotopic (exact) mass is 283 g/mol. The van der Waals surface area contributed by atoms with Gasteiger partial charge in [0, 0.05) is 24.0 Å². The molecule has 0 aliphatic heterocycles. The van der Waals surface area contributed by atoms with Crippen molar-refractivity contribution in [3.63, 3.8) is 0 Å². The summed E-state index contributed by atoms with van der Waals surface area (Å²) in [6.45, 7) is 4.79. The van der Waals surface area contributed by atoms with Gasteiger partial charge in [0.25, 0.3) is 0 Å². The van der Waals surface area contributed by atoms with Crippen LogP contribution in [0.1, 0.15) is 30.2 Å². The zero-order valence-electron chi connectivity index (χ0n) is 11.2. The summed E-state index contributed by atoms with van der Waals surface area (Å²) in [5, 5.41) is 19.6. The first-order chi connectivity index (χ1) is 9.15. The first-order valence-corrected chi connectivity index (χ1v) is 7.35. The molecule has 1 rings (SSSR count). The lowest BCUT2D eigenvalue weighted by Gasteiger charge is -2.19. The highest BCUT2D eigenvalue weighted by atomic mass is 32.1. The minimum Gasteiger partial charge on any atom is -0.478 e. The van der Waals surface area contributed by atoms with Gasteiger partial charge in [-0.25, -0.2) is 4.79 Å². The molecular formula is C14H21NO3S. The third-order valence-electron chi connectivity index (χ3n) is 2.72. The van der Waals surface area contributed by atoms with Crippen molar-refractivity contribution in [1.82, 2.24) is 4.90 Å². The molecule has 0 spiro atoms. The fraction of sp³-hybridized carbons (Fsp3) is 0.500. The van der Waals surface area contributed by atoms with Gasteiger partial charge in [0.05, 0.1) is 6.61 Å². The van der Waals surface area contributed by atoms with E-state index in [2.05, 4.69) is 11.8 Å². The highest BCUT2D eigenvalue weighted by molar-refractivity contribution is 7.10. The molecule has 0 aliphatic rings. The van der Waals surface area contributed by atoms with Crippen molar-refractivity contribution >= 4 is 23.4 Å². The number of aliphatic hydroxyl groups is 1. The number of carboxylic acids is 1. The van der Waals surface area contributed by atoms with Crippen molar-refractivity contribution in [2.24, 2.45) is 0 Å². The molecule has 0 unspecified atom stereocenters. The van der Waals surface area contributed by atoms with E-state index in [0.29, 0.717) is 6.54 Å². The summed E-state index contributed by atoms with van der Waals surface area (Å²) in [6.07, 6.45) is 5.01. The van der Waals surface area contributed by atoms with Crippen LogP contribution in [0.4, 0.5) is 0 Å². The van der Waals surface area contributed by atoms with Crippen molar-refractivity contribution in [1.29, 1.82) is 0 Å².